The monoisotopic (exact) mass is 410 g/mol. The SMILES string of the molecule is CN=c1nc2c(c(-c3ccncc3Cl)nc1=C(C)C)=CNC(N1CCOCC1)=C2. The van der Waals surface area contributed by atoms with Crippen molar-refractivity contribution in [2.75, 3.05) is 33.4 Å². The number of rotatable bonds is 2. The van der Waals surface area contributed by atoms with Crippen LogP contribution in [0.2, 0.25) is 5.02 Å². The lowest BCUT2D eigenvalue weighted by Gasteiger charge is -2.31. The van der Waals surface area contributed by atoms with Gasteiger partial charge in [-0.05, 0) is 25.5 Å². The number of hydrogen-bond acceptors (Lipinski definition) is 7. The highest BCUT2D eigenvalue weighted by Crippen LogP contribution is 2.22. The van der Waals surface area contributed by atoms with E-state index >= 15 is 0 Å². The van der Waals surface area contributed by atoms with E-state index in [1.807, 2.05) is 32.2 Å². The number of halogens is 1. The molecule has 29 heavy (non-hydrogen) atoms. The molecule has 1 fully saturated rings. The third-order valence-electron chi connectivity index (χ3n) is 4.90. The van der Waals surface area contributed by atoms with Crippen LogP contribution in [0.1, 0.15) is 19.5 Å². The van der Waals surface area contributed by atoms with E-state index in [9.17, 15) is 0 Å². The van der Waals surface area contributed by atoms with E-state index in [1.165, 1.54) is 0 Å². The van der Waals surface area contributed by atoms with Gasteiger partial charge < -0.3 is 15.0 Å². The molecule has 0 aliphatic carbocycles. The Hall–Kier alpha value is -2.77. The van der Waals surface area contributed by atoms with E-state index in [2.05, 4.69) is 20.2 Å². The Kier molecular flexibility index (Phi) is 5.60. The van der Waals surface area contributed by atoms with Crippen molar-refractivity contribution in [3.05, 3.63) is 51.1 Å². The van der Waals surface area contributed by atoms with Crippen LogP contribution >= 0.6 is 11.6 Å². The second kappa shape index (κ2) is 8.31. The quantitative estimate of drug-likeness (QED) is 0.792. The minimum absolute atomic E-state index is 0.541. The molecule has 0 amide bonds. The van der Waals surface area contributed by atoms with Crippen LogP contribution in [0.5, 0.6) is 0 Å². The molecule has 2 aromatic heterocycles. The molecular weight excluding hydrogens is 388 g/mol. The van der Waals surface area contributed by atoms with Crippen LogP contribution in [0.3, 0.4) is 0 Å². The summed E-state index contributed by atoms with van der Waals surface area (Å²) in [6, 6.07) is 1.87. The van der Waals surface area contributed by atoms with Crippen LogP contribution < -0.4 is 21.4 Å². The number of pyridine rings is 1. The van der Waals surface area contributed by atoms with E-state index in [0.29, 0.717) is 23.7 Å². The minimum atomic E-state index is 0.541. The van der Waals surface area contributed by atoms with Gasteiger partial charge in [0.05, 0.1) is 29.6 Å². The summed E-state index contributed by atoms with van der Waals surface area (Å²) in [5, 5.41) is 5.56. The summed E-state index contributed by atoms with van der Waals surface area (Å²) < 4.78 is 5.47. The first kappa shape index (κ1) is 19.5. The van der Waals surface area contributed by atoms with Crippen LogP contribution in [-0.2, 0) is 4.74 Å². The molecule has 150 valence electrons. The molecule has 4 rings (SSSR count). The topological polar surface area (TPSA) is 75.5 Å². The van der Waals surface area contributed by atoms with Gasteiger partial charge in [0.25, 0.3) is 0 Å². The summed E-state index contributed by atoms with van der Waals surface area (Å²) in [6.07, 6.45) is 7.34. The molecule has 0 saturated carbocycles. The lowest BCUT2D eigenvalue weighted by atomic mass is 10.1. The van der Waals surface area contributed by atoms with E-state index < -0.39 is 0 Å². The second-order valence-corrected chi connectivity index (χ2v) is 7.45. The molecule has 0 atom stereocenters. The van der Waals surface area contributed by atoms with Gasteiger partial charge in [-0.15, -0.1) is 0 Å². The van der Waals surface area contributed by atoms with Gasteiger partial charge in [-0.3, -0.25) is 9.98 Å². The smallest absolute Gasteiger partial charge is 0.173 e. The van der Waals surface area contributed by atoms with Crippen molar-refractivity contribution in [1.29, 1.82) is 0 Å². The molecule has 2 aliphatic heterocycles. The van der Waals surface area contributed by atoms with Crippen LogP contribution in [0.4, 0.5) is 0 Å². The van der Waals surface area contributed by atoms with E-state index in [-0.39, 0.29) is 0 Å². The number of ether oxygens (including phenoxy) is 1. The van der Waals surface area contributed by atoms with Gasteiger partial charge in [0.1, 0.15) is 11.2 Å². The molecule has 0 radical (unpaired) electrons. The van der Waals surface area contributed by atoms with Crippen LogP contribution in [0, 0.1) is 0 Å². The predicted molar refractivity (Wildman–Crippen MR) is 114 cm³/mol. The third kappa shape index (κ3) is 3.88. The lowest BCUT2D eigenvalue weighted by molar-refractivity contribution is 0.0521. The van der Waals surface area contributed by atoms with Gasteiger partial charge in [-0.25, -0.2) is 9.97 Å². The number of nitrogens with zero attached hydrogens (tertiary/aromatic N) is 5. The third-order valence-corrected chi connectivity index (χ3v) is 5.20. The molecule has 8 heteroatoms. The standard InChI is InChI=1S/C21H23ClN6O/c1-13(2)19-21(23-3)26-17-10-18(28-6-8-29-9-7-28)25-11-15(17)20(27-19)14-4-5-24-12-16(14)22/h4-5,10-12,25H,6-9H2,1-3H3. The van der Waals surface area contributed by atoms with Gasteiger partial charge in [-0.1, -0.05) is 11.6 Å². The summed E-state index contributed by atoms with van der Waals surface area (Å²) in [5.74, 6) is 0.993. The highest BCUT2D eigenvalue weighted by molar-refractivity contribution is 6.33. The molecule has 7 nitrogen and oxygen atoms in total. The van der Waals surface area contributed by atoms with E-state index in [0.717, 1.165) is 52.0 Å². The van der Waals surface area contributed by atoms with Gasteiger partial charge in [0.15, 0.2) is 5.49 Å². The highest BCUT2D eigenvalue weighted by atomic mass is 35.5. The minimum Gasteiger partial charge on any atom is -0.378 e. The largest absolute Gasteiger partial charge is 0.378 e. The fourth-order valence-electron chi connectivity index (χ4n) is 3.39. The Morgan fingerprint density at radius 3 is 2.72 bits per heavy atom. The van der Waals surface area contributed by atoms with Crippen molar-refractivity contribution in [2.45, 2.75) is 13.8 Å². The van der Waals surface area contributed by atoms with E-state index in [4.69, 9.17) is 26.3 Å². The molecule has 4 heterocycles. The molecule has 2 aromatic rings. The lowest BCUT2D eigenvalue weighted by Crippen LogP contribution is -2.40. The summed E-state index contributed by atoms with van der Waals surface area (Å²) in [6.45, 7) is 7.11. The Morgan fingerprint density at radius 1 is 1.24 bits per heavy atom. The fraction of sp³-hybridized carbons (Fsp3) is 0.333. The number of fused-ring (bicyclic) bond motifs is 1. The first-order valence-corrected chi connectivity index (χ1v) is 9.90. The molecule has 0 unspecified atom stereocenters. The van der Waals surface area contributed by atoms with Crippen molar-refractivity contribution in [2.24, 2.45) is 4.99 Å². The molecule has 0 aromatic carbocycles. The van der Waals surface area contributed by atoms with Gasteiger partial charge in [-0.2, -0.15) is 0 Å². The summed E-state index contributed by atoms with van der Waals surface area (Å²) in [4.78, 5) is 20.6. The van der Waals surface area contributed by atoms with E-state index in [1.54, 1.807) is 19.4 Å². The molecule has 0 bridgehead atoms. The first-order chi connectivity index (χ1) is 14.1. The number of hydrogen-bond donors (Lipinski definition) is 1. The zero-order chi connectivity index (χ0) is 20.4. The van der Waals surface area contributed by atoms with Gasteiger partial charge >= 0.3 is 0 Å². The summed E-state index contributed by atoms with van der Waals surface area (Å²) in [7, 11) is 1.74. The zero-order valence-corrected chi connectivity index (χ0v) is 17.5. The zero-order valence-electron chi connectivity index (χ0n) is 16.7. The Bertz CT molecular complexity index is 1160. The van der Waals surface area contributed by atoms with Crippen molar-refractivity contribution in [3.63, 3.8) is 0 Å². The molecule has 1 N–H and O–H groups in total. The summed E-state index contributed by atoms with van der Waals surface area (Å²) in [5.41, 5.74) is 3.99. The number of morpholine rings is 1. The maximum Gasteiger partial charge on any atom is 0.173 e. The Labute approximate surface area is 174 Å². The second-order valence-electron chi connectivity index (χ2n) is 7.04. The maximum atomic E-state index is 6.48. The average Bonchev–Trinajstić information content (AvgIpc) is 2.91. The van der Waals surface area contributed by atoms with Gasteiger partial charge in [0.2, 0.25) is 0 Å². The Morgan fingerprint density at radius 2 is 2.03 bits per heavy atom. The van der Waals surface area contributed by atoms with Crippen molar-refractivity contribution in [3.8, 4) is 11.3 Å². The average molecular weight is 411 g/mol. The fourth-order valence-corrected chi connectivity index (χ4v) is 3.60. The van der Waals surface area contributed by atoms with Crippen molar-refractivity contribution in [1.82, 2.24) is 25.2 Å². The molecular formula is C21H23ClN6O. The Balaban J connectivity index is 2.03. The molecule has 1 saturated heterocycles. The predicted octanol–water partition coefficient (Wildman–Crippen LogP) is 0.885. The van der Waals surface area contributed by atoms with Crippen molar-refractivity contribution >= 4 is 29.5 Å². The summed E-state index contributed by atoms with van der Waals surface area (Å²) >= 11 is 6.48. The molecule has 2 aliphatic rings. The molecule has 0 spiro atoms. The number of nitrogens with one attached hydrogen (secondary N) is 1. The first-order valence-electron chi connectivity index (χ1n) is 9.52. The van der Waals surface area contributed by atoms with Crippen LogP contribution in [-0.4, -0.2) is 53.2 Å². The highest BCUT2D eigenvalue weighted by Gasteiger charge is 2.18. The normalized spacial score (nSPS) is 16.5. The van der Waals surface area contributed by atoms with Crippen LogP contribution in [0.25, 0.3) is 29.1 Å². The maximum absolute atomic E-state index is 6.48. The van der Waals surface area contributed by atoms with Crippen molar-refractivity contribution < 1.29 is 4.74 Å². The van der Waals surface area contributed by atoms with Crippen LogP contribution in [0.15, 0.2) is 29.3 Å². The number of aromatic nitrogens is 3. The van der Waals surface area contributed by atoms with Gasteiger partial charge in [0, 0.05) is 55.6 Å².